The maximum absolute atomic E-state index is 13.4. The van der Waals surface area contributed by atoms with Crippen molar-refractivity contribution in [1.82, 2.24) is 19.9 Å². The molecule has 2 heterocycles. The normalized spacial score (nSPS) is 14.1. The number of piperazine rings is 1. The van der Waals surface area contributed by atoms with E-state index in [9.17, 15) is 22.4 Å². The molecule has 0 spiro atoms. The van der Waals surface area contributed by atoms with Gasteiger partial charge in [0.05, 0.1) is 17.2 Å². The summed E-state index contributed by atoms with van der Waals surface area (Å²) in [5.74, 6) is -0.622. The fourth-order valence-electron chi connectivity index (χ4n) is 3.56. The van der Waals surface area contributed by atoms with E-state index in [1.807, 2.05) is 4.90 Å². The molecular weight excluding hydrogens is 504 g/mol. The fraction of sp³-hybridized carbons (Fsp3) is 0.304. The lowest BCUT2D eigenvalue weighted by atomic mass is 10.2. The van der Waals surface area contributed by atoms with Crippen LogP contribution in [0.1, 0.15) is 22.8 Å². The first-order valence-corrected chi connectivity index (χ1v) is 11.3. The molecule has 8 nitrogen and oxygen atoms in total. The third-order valence-corrected chi connectivity index (χ3v) is 5.63. The number of nitrogens with zero attached hydrogens (tertiary/aromatic N) is 5. The maximum Gasteiger partial charge on any atom is 0.416 e. The maximum atomic E-state index is 13.4. The highest BCUT2D eigenvalue weighted by Crippen LogP contribution is 2.31. The molecule has 1 aliphatic rings. The van der Waals surface area contributed by atoms with E-state index in [2.05, 4.69) is 20.3 Å². The zero-order valence-corrected chi connectivity index (χ0v) is 19.8. The molecule has 1 N–H and O–H groups in total. The van der Waals surface area contributed by atoms with E-state index < -0.39 is 17.6 Å². The molecule has 13 heteroatoms. The van der Waals surface area contributed by atoms with Crippen molar-refractivity contribution in [2.24, 2.45) is 0 Å². The number of carbonyl (C=O) groups is 1. The SMILES string of the molecule is CCOc1nc(Nc2cccc(C(F)(F)F)c2)nc(N2CCN(C(=O)c3ccc(F)c(Cl)c3)CC2)n1. The number of carbonyl (C=O) groups excluding carboxylic acids is 1. The number of rotatable bonds is 6. The number of ether oxygens (including phenoxy) is 1. The van der Waals surface area contributed by atoms with Gasteiger partial charge in [-0.2, -0.15) is 28.1 Å². The van der Waals surface area contributed by atoms with Gasteiger partial charge < -0.3 is 19.9 Å². The molecular formula is C23H21ClF4N6O2. The third-order valence-electron chi connectivity index (χ3n) is 5.34. The van der Waals surface area contributed by atoms with Crippen LogP contribution >= 0.6 is 11.6 Å². The van der Waals surface area contributed by atoms with Crippen molar-refractivity contribution in [2.45, 2.75) is 13.1 Å². The lowest BCUT2D eigenvalue weighted by Crippen LogP contribution is -2.49. The number of anilines is 3. The molecule has 1 aliphatic heterocycles. The van der Waals surface area contributed by atoms with Gasteiger partial charge in [-0.1, -0.05) is 17.7 Å². The Balaban J connectivity index is 1.49. The quantitative estimate of drug-likeness (QED) is 0.464. The second kappa shape index (κ2) is 10.5. The number of hydrogen-bond acceptors (Lipinski definition) is 7. The van der Waals surface area contributed by atoms with Crippen LogP contribution in [-0.2, 0) is 6.18 Å². The summed E-state index contributed by atoms with van der Waals surface area (Å²) in [5, 5.41) is 2.65. The van der Waals surface area contributed by atoms with Crippen LogP contribution in [0.2, 0.25) is 5.02 Å². The van der Waals surface area contributed by atoms with Crippen LogP contribution in [0.25, 0.3) is 0 Å². The average molecular weight is 525 g/mol. The average Bonchev–Trinajstić information content (AvgIpc) is 2.85. The van der Waals surface area contributed by atoms with Gasteiger partial charge in [0.15, 0.2) is 0 Å². The smallest absolute Gasteiger partial charge is 0.416 e. The zero-order chi connectivity index (χ0) is 25.9. The molecule has 0 radical (unpaired) electrons. The summed E-state index contributed by atoms with van der Waals surface area (Å²) in [6.45, 7) is 3.43. The Bertz CT molecular complexity index is 1250. The van der Waals surface area contributed by atoms with Crippen LogP contribution in [0.4, 0.5) is 35.1 Å². The molecule has 3 aromatic rings. The van der Waals surface area contributed by atoms with Crippen LogP contribution in [0, 0.1) is 5.82 Å². The predicted molar refractivity (Wildman–Crippen MR) is 125 cm³/mol. The van der Waals surface area contributed by atoms with Crippen molar-refractivity contribution in [2.75, 3.05) is 43.0 Å². The number of aromatic nitrogens is 3. The van der Waals surface area contributed by atoms with Gasteiger partial charge in [0.1, 0.15) is 5.82 Å². The number of benzene rings is 2. The van der Waals surface area contributed by atoms with Gasteiger partial charge >= 0.3 is 12.2 Å². The highest BCUT2D eigenvalue weighted by atomic mass is 35.5. The van der Waals surface area contributed by atoms with Gasteiger partial charge in [-0.25, -0.2) is 4.39 Å². The molecule has 1 aromatic heterocycles. The monoisotopic (exact) mass is 524 g/mol. The van der Waals surface area contributed by atoms with Crippen molar-refractivity contribution < 1.29 is 27.1 Å². The first kappa shape index (κ1) is 25.4. The number of hydrogen-bond donors (Lipinski definition) is 1. The Kier molecular flexibility index (Phi) is 7.43. The summed E-state index contributed by atoms with van der Waals surface area (Å²) in [4.78, 5) is 29.0. The van der Waals surface area contributed by atoms with Gasteiger partial charge in [0, 0.05) is 37.4 Å². The molecule has 0 unspecified atom stereocenters. The Hall–Kier alpha value is -3.67. The Morgan fingerprint density at radius 3 is 2.50 bits per heavy atom. The molecule has 0 saturated carbocycles. The lowest BCUT2D eigenvalue weighted by molar-refractivity contribution is -0.137. The van der Waals surface area contributed by atoms with E-state index >= 15 is 0 Å². The number of amides is 1. The molecule has 4 rings (SSSR count). The van der Waals surface area contributed by atoms with Crippen molar-refractivity contribution in [3.63, 3.8) is 0 Å². The molecule has 0 bridgehead atoms. The van der Waals surface area contributed by atoms with Crippen LogP contribution in [0.15, 0.2) is 42.5 Å². The summed E-state index contributed by atoms with van der Waals surface area (Å²) in [6.07, 6.45) is -4.49. The molecule has 0 aliphatic carbocycles. The van der Waals surface area contributed by atoms with E-state index in [1.165, 1.54) is 24.3 Å². The van der Waals surface area contributed by atoms with Crippen LogP contribution in [-0.4, -0.2) is 58.5 Å². The molecule has 2 aromatic carbocycles. The van der Waals surface area contributed by atoms with Crippen LogP contribution in [0.5, 0.6) is 6.01 Å². The van der Waals surface area contributed by atoms with E-state index in [-0.39, 0.29) is 46.7 Å². The molecule has 1 amide bonds. The molecule has 1 fully saturated rings. The van der Waals surface area contributed by atoms with Gasteiger partial charge in [-0.3, -0.25) is 4.79 Å². The van der Waals surface area contributed by atoms with E-state index in [4.69, 9.17) is 16.3 Å². The Labute approximate surface area is 208 Å². The predicted octanol–water partition coefficient (Wildman–Crippen LogP) is 4.79. The number of halogens is 5. The Morgan fingerprint density at radius 1 is 1.08 bits per heavy atom. The number of alkyl halides is 3. The van der Waals surface area contributed by atoms with E-state index in [0.29, 0.717) is 26.2 Å². The molecule has 0 atom stereocenters. The molecule has 36 heavy (non-hydrogen) atoms. The summed E-state index contributed by atoms with van der Waals surface area (Å²) >= 11 is 5.79. The second-order valence-corrected chi connectivity index (χ2v) is 8.19. The zero-order valence-electron chi connectivity index (χ0n) is 19.0. The van der Waals surface area contributed by atoms with Gasteiger partial charge in [0.25, 0.3) is 5.91 Å². The highest BCUT2D eigenvalue weighted by molar-refractivity contribution is 6.31. The Morgan fingerprint density at radius 2 is 1.83 bits per heavy atom. The van der Waals surface area contributed by atoms with Crippen molar-refractivity contribution >= 4 is 35.1 Å². The molecule has 1 saturated heterocycles. The topological polar surface area (TPSA) is 83.5 Å². The highest BCUT2D eigenvalue weighted by Gasteiger charge is 2.30. The third kappa shape index (κ3) is 5.93. The van der Waals surface area contributed by atoms with Gasteiger partial charge in [0.2, 0.25) is 11.9 Å². The van der Waals surface area contributed by atoms with Crippen molar-refractivity contribution in [1.29, 1.82) is 0 Å². The second-order valence-electron chi connectivity index (χ2n) is 7.79. The largest absolute Gasteiger partial charge is 0.464 e. The van der Waals surface area contributed by atoms with Gasteiger partial charge in [-0.05, 0) is 43.3 Å². The minimum absolute atomic E-state index is 0.0106. The fourth-order valence-corrected chi connectivity index (χ4v) is 3.74. The van der Waals surface area contributed by atoms with Gasteiger partial charge in [-0.15, -0.1) is 0 Å². The summed E-state index contributed by atoms with van der Waals surface area (Å²) in [5.41, 5.74) is -0.381. The van der Waals surface area contributed by atoms with Crippen LogP contribution in [0.3, 0.4) is 0 Å². The molecule has 190 valence electrons. The standard InChI is InChI=1S/C23H21ClF4N6O2/c1-2-36-22-31-20(29-16-5-3-4-15(13-16)23(26,27)28)30-21(32-22)34-10-8-33(9-11-34)19(35)14-6-7-18(25)17(24)12-14/h3-7,12-13H,2,8-11H2,1H3,(H,29,30,31,32). The summed E-state index contributed by atoms with van der Waals surface area (Å²) in [7, 11) is 0. The first-order valence-electron chi connectivity index (χ1n) is 11.0. The minimum Gasteiger partial charge on any atom is -0.464 e. The van der Waals surface area contributed by atoms with Crippen molar-refractivity contribution in [3.05, 3.63) is 64.4 Å². The minimum atomic E-state index is -4.49. The first-order chi connectivity index (χ1) is 17.1. The van der Waals surface area contributed by atoms with Crippen molar-refractivity contribution in [3.8, 4) is 6.01 Å². The number of nitrogens with one attached hydrogen (secondary N) is 1. The van der Waals surface area contributed by atoms with E-state index in [1.54, 1.807) is 11.8 Å². The summed E-state index contributed by atoms with van der Waals surface area (Å²) < 4.78 is 58.0. The lowest BCUT2D eigenvalue weighted by Gasteiger charge is -2.34. The van der Waals surface area contributed by atoms with E-state index in [0.717, 1.165) is 18.2 Å². The summed E-state index contributed by atoms with van der Waals surface area (Å²) in [6, 6.07) is 8.49. The van der Waals surface area contributed by atoms with Crippen LogP contribution < -0.4 is 15.0 Å².